The molecule has 0 aliphatic carbocycles. The molecular formula is C3H7NS2Ti. The molecule has 0 saturated carbocycles. The van der Waals surface area contributed by atoms with Gasteiger partial charge in [-0.15, -0.1) is 12.6 Å². The number of rotatable bonds is 0. The molecular weight excluding hydrogens is 162 g/mol. The molecule has 0 unspecified atom stereocenters. The summed E-state index contributed by atoms with van der Waals surface area (Å²) in [6, 6.07) is 0. The van der Waals surface area contributed by atoms with E-state index in [0.29, 0.717) is 4.32 Å². The van der Waals surface area contributed by atoms with E-state index in [0.717, 1.165) is 0 Å². The van der Waals surface area contributed by atoms with Gasteiger partial charge in [-0.05, 0) is 0 Å². The molecule has 0 aromatic heterocycles. The van der Waals surface area contributed by atoms with Crippen LogP contribution in [0.25, 0.3) is 0 Å². The standard InChI is InChI=1S/C3H7NS2.Ti/c1-4(2)3(5)6;/h1-2H3,(H,5,6);. The van der Waals surface area contributed by atoms with Crippen molar-refractivity contribution >= 4 is 29.2 Å². The van der Waals surface area contributed by atoms with Crippen LogP contribution in [0.15, 0.2) is 0 Å². The first-order valence-corrected chi connectivity index (χ1v) is 2.40. The summed E-state index contributed by atoms with van der Waals surface area (Å²) in [5.41, 5.74) is 0. The summed E-state index contributed by atoms with van der Waals surface area (Å²) >= 11 is 8.46. The first-order chi connectivity index (χ1) is 2.64. The summed E-state index contributed by atoms with van der Waals surface area (Å²) in [5.74, 6) is 0. The van der Waals surface area contributed by atoms with E-state index in [1.807, 2.05) is 14.1 Å². The van der Waals surface area contributed by atoms with Crippen LogP contribution in [0, 0.1) is 0 Å². The molecule has 0 fully saturated rings. The van der Waals surface area contributed by atoms with Gasteiger partial charge >= 0.3 is 0 Å². The smallest absolute Gasteiger partial charge is 0.132 e. The van der Waals surface area contributed by atoms with Crippen molar-refractivity contribution in [3.8, 4) is 0 Å². The molecule has 0 atom stereocenters. The first-order valence-electron chi connectivity index (χ1n) is 1.55. The zero-order chi connectivity index (χ0) is 5.15. The molecule has 0 heterocycles. The van der Waals surface area contributed by atoms with Gasteiger partial charge in [-0.2, -0.15) is 0 Å². The minimum atomic E-state index is 0. The molecule has 1 nitrogen and oxygen atoms in total. The predicted molar refractivity (Wildman–Crippen MR) is 35.3 cm³/mol. The van der Waals surface area contributed by atoms with Gasteiger partial charge in [-0.1, -0.05) is 12.2 Å². The van der Waals surface area contributed by atoms with E-state index >= 15 is 0 Å². The van der Waals surface area contributed by atoms with Crippen molar-refractivity contribution in [3.05, 3.63) is 0 Å². The Morgan fingerprint density at radius 2 is 1.71 bits per heavy atom. The van der Waals surface area contributed by atoms with Crippen LogP contribution >= 0.6 is 24.8 Å². The normalized spacial score (nSPS) is 6.71. The molecule has 7 heavy (non-hydrogen) atoms. The van der Waals surface area contributed by atoms with E-state index in [4.69, 9.17) is 0 Å². The average Bonchev–Trinajstić information content (AvgIpc) is 1.36. The third-order valence-electron chi connectivity index (χ3n) is 0.383. The van der Waals surface area contributed by atoms with Crippen LogP contribution in [-0.2, 0) is 21.7 Å². The van der Waals surface area contributed by atoms with Gasteiger partial charge < -0.3 is 4.90 Å². The van der Waals surface area contributed by atoms with Gasteiger partial charge in [0.05, 0.1) is 0 Å². The number of hydrogen-bond donors (Lipinski definition) is 1. The number of hydrogen-bond acceptors (Lipinski definition) is 1. The Balaban J connectivity index is 0. The van der Waals surface area contributed by atoms with E-state index in [1.165, 1.54) is 0 Å². The van der Waals surface area contributed by atoms with Gasteiger partial charge in [0.1, 0.15) is 4.32 Å². The number of nitrogens with zero attached hydrogens (tertiary/aromatic N) is 1. The van der Waals surface area contributed by atoms with Crippen LogP contribution in [0.1, 0.15) is 0 Å². The van der Waals surface area contributed by atoms with Crippen LogP contribution in [-0.4, -0.2) is 23.3 Å². The van der Waals surface area contributed by atoms with Crippen molar-refractivity contribution in [3.63, 3.8) is 0 Å². The van der Waals surface area contributed by atoms with Gasteiger partial charge in [0, 0.05) is 35.8 Å². The number of thiocarbonyl (C=S) groups is 1. The fourth-order valence-electron chi connectivity index (χ4n) is 0. The van der Waals surface area contributed by atoms with E-state index < -0.39 is 0 Å². The second-order valence-corrected chi connectivity index (χ2v) is 2.29. The minimum absolute atomic E-state index is 0. The van der Waals surface area contributed by atoms with E-state index in [-0.39, 0.29) is 21.7 Å². The van der Waals surface area contributed by atoms with Crippen molar-refractivity contribution < 1.29 is 21.7 Å². The van der Waals surface area contributed by atoms with E-state index in [1.54, 1.807) is 4.90 Å². The molecule has 0 bridgehead atoms. The van der Waals surface area contributed by atoms with Crippen LogP contribution in [0.5, 0.6) is 0 Å². The summed E-state index contributed by atoms with van der Waals surface area (Å²) in [4.78, 5) is 1.76. The minimum Gasteiger partial charge on any atom is -0.364 e. The van der Waals surface area contributed by atoms with Crippen LogP contribution < -0.4 is 0 Å². The van der Waals surface area contributed by atoms with Crippen molar-refractivity contribution in [1.29, 1.82) is 0 Å². The molecule has 0 rings (SSSR count). The second-order valence-electron chi connectivity index (χ2n) is 1.18. The fraction of sp³-hybridized carbons (Fsp3) is 0.667. The maximum atomic E-state index is 4.61. The maximum absolute atomic E-state index is 4.61. The van der Waals surface area contributed by atoms with Crippen LogP contribution in [0.3, 0.4) is 0 Å². The Morgan fingerprint density at radius 3 is 1.71 bits per heavy atom. The van der Waals surface area contributed by atoms with Crippen molar-refractivity contribution in [2.24, 2.45) is 0 Å². The van der Waals surface area contributed by atoms with Crippen LogP contribution in [0.4, 0.5) is 0 Å². The fourth-order valence-corrected chi connectivity index (χ4v) is 0. The van der Waals surface area contributed by atoms with Crippen molar-refractivity contribution in [2.75, 3.05) is 14.1 Å². The molecule has 0 aromatic carbocycles. The summed E-state index contributed by atoms with van der Waals surface area (Å²) < 4.78 is 0.620. The van der Waals surface area contributed by atoms with Gasteiger partial charge in [-0.3, -0.25) is 0 Å². The van der Waals surface area contributed by atoms with Crippen LogP contribution in [0.2, 0.25) is 0 Å². The Morgan fingerprint density at radius 1 is 1.57 bits per heavy atom. The first kappa shape index (κ1) is 10.9. The molecule has 0 aliphatic rings. The zero-order valence-electron chi connectivity index (χ0n) is 4.30. The Kier molecular flexibility index (Phi) is 7.90. The van der Waals surface area contributed by atoms with Gasteiger partial charge in [0.25, 0.3) is 0 Å². The van der Waals surface area contributed by atoms with Crippen molar-refractivity contribution in [2.45, 2.75) is 0 Å². The molecule has 0 saturated heterocycles. The van der Waals surface area contributed by atoms with Gasteiger partial charge in [0.15, 0.2) is 0 Å². The molecule has 0 amide bonds. The Hall–Kier alpha value is 0.954. The third-order valence-corrected chi connectivity index (χ3v) is 1.15. The Bertz CT molecular complexity index is 64.0. The topological polar surface area (TPSA) is 3.24 Å². The third kappa shape index (κ3) is 6.95. The summed E-state index contributed by atoms with van der Waals surface area (Å²) in [6.45, 7) is 0. The summed E-state index contributed by atoms with van der Waals surface area (Å²) in [6.07, 6.45) is 0. The monoisotopic (exact) mass is 169 g/mol. The maximum Gasteiger partial charge on any atom is 0.132 e. The second kappa shape index (κ2) is 5.10. The van der Waals surface area contributed by atoms with E-state index in [9.17, 15) is 0 Å². The zero-order valence-corrected chi connectivity index (χ0v) is 7.58. The molecule has 4 heteroatoms. The number of thiol groups is 1. The molecule has 0 aliphatic heterocycles. The molecule has 0 aromatic rings. The Labute approximate surface area is 69.7 Å². The molecule has 0 spiro atoms. The molecule has 40 valence electrons. The summed E-state index contributed by atoms with van der Waals surface area (Å²) in [7, 11) is 3.71. The van der Waals surface area contributed by atoms with Gasteiger partial charge in [0.2, 0.25) is 0 Å². The SMILES string of the molecule is CN(C)C(=S)S.[Ti]. The predicted octanol–water partition coefficient (Wildman–Crippen LogP) is 0.760. The molecule has 0 N–H and O–H groups in total. The summed E-state index contributed by atoms with van der Waals surface area (Å²) in [5, 5.41) is 0. The quantitative estimate of drug-likeness (QED) is 0.324. The average molecular weight is 169 g/mol. The van der Waals surface area contributed by atoms with E-state index in [2.05, 4.69) is 24.8 Å². The van der Waals surface area contributed by atoms with Gasteiger partial charge in [-0.25, -0.2) is 0 Å². The molecule has 0 radical (unpaired) electrons. The largest absolute Gasteiger partial charge is 0.364 e. The van der Waals surface area contributed by atoms with Crippen molar-refractivity contribution in [1.82, 2.24) is 4.90 Å².